The maximum absolute atomic E-state index is 12.3. The molecule has 9 aromatic rings. The fourth-order valence-corrected chi connectivity index (χ4v) is 16.2. The highest BCUT2D eigenvalue weighted by Gasteiger charge is 2.50. The van der Waals surface area contributed by atoms with Crippen LogP contribution in [0.4, 0.5) is 40.0 Å². The van der Waals surface area contributed by atoms with Crippen LogP contribution in [-0.2, 0) is 23.8 Å². The molecule has 111 heavy (non-hydrogen) atoms. The number of aromatic nitrogens is 10. The van der Waals surface area contributed by atoms with E-state index in [1.807, 2.05) is 114 Å². The number of hydrogen-bond acceptors (Lipinski definition) is 18. The highest BCUT2D eigenvalue weighted by molar-refractivity contribution is 6.41. The number of nitrogens with two attached hydrogens (primary N) is 3. The number of imidazole rings is 3. The van der Waals surface area contributed by atoms with Crippen molar-refractivity contribution in [3.63, 3.8) is 0 Å². The summed E-state index contributed by atoms with van der Waals surface area (Å²) in [5.74, 6) is 7.63. The Morgan fingerprint density at radius 2 is 0.883 bits per heavy atom. The van der Waals surface area contributed by atoms with Crippen LogP contribution in [0.1, 0.15) is 115 Å². The van der Waals surface area contributed by atoms with Crippen LogP contribution in [0, 0.1) is 53.3 Å². The lowest BCUT2D eigenvalue weighted by atomic mass is 9.88. The van der Waals surface area contributed by atoms with E-state index in [2.05, 4.69) is 112 Å². The van der Waals surface area contributed by atoms with Crippen LogP contribution in [0.3, 0.4) is 0 Å². The van der Waals surface area contributed by atoms with Crippen LogP contribution in [0.5, 0.6) is 0 Å². The molecular weight excluding hydrogens is 1530 g/mol. The van der Waals surface area contributed by atoms with Gasteiger partial charge in [0.25, 0.3) is 0 Å². The van der Waals surface area contributed by atoms with Crippen LogP contribution in [-0.4, -0.2) is 129 Å². The number of nitrogens with zero attached hydrogens (tertiary/aromatic N) is 7. The van der Waals surface area contributed by atoms with E-state index in [0.29, 0.717) is 68.7 Å². The molecule has 5 aromatic heterocycles. The van der Waals surface area contributed by atoms with E-state index in [1.165, 1.54) is 31.7 Å². The monoisotopic (exact) mass is 1620 g/mol. The Bertz CT molecular complexity index is 4700. The van der Waals surface area contributed by atoms with Crippen molar-refractivity contribution in [3.8, 4) is 0 Å². The number of alkyl carbamates (subject to hydrolysis) is 2. The maximum atomic E-state index is 12.3. The lowest BCUT2D eigenvalue weighted by molar-refractivity contribution is -0.156. The Morgan fingerprint density at radius 3 is 1.30 bits per heavy atom. The van der Waals surface area contributed by atoms with Gasteiger partial charge in [0.2, 0.25) is 16.9 Å². The van der Waals surface area contributed by atoms with Crippen LogP contribution in [0.25, 0.3) is 33.1 Å². The molecule has 588 valence electrons. The molecule has 16 atom stereocenters. The van der Waals surface area contributed by atoms with Gasteiger partial charge in [0.1, 0.15) is 45.8 Å². The van der Waals surface area contributed by atoms with Crippen molar-refractivity contribution in [2.45, 2.75) is 139 Å². The molecule has 1 aliphatic heterocycles. The zero-order chi connectivity index (χ0) is 79.5. The molecule has 31 heteroatoms. The zero-order valence-electron chi connectivity index (χ0n) is 61.8. The summed E-state index contributed by atoms with van der Waals surface area (Å²) < 4.78 is 46.9. The van der Waals surface area contributed by atoms with Crippen LogP contribution < -0.4 is 33.2 Å². The number of H-pyrrole nitrogens is 3. The number of aromatic amines is 3. The number of benzene rings is 4. The molecule has 18 rings (SSSR count). The minimum absolute atomic E-state index is 0.0235. The molecule has 8 bridgehead atoms. The van der Waals surface area contributed by atoms with Gasteiger partial charge < -0.3 is 67.1 Å². The number of alkyl halides is 3. The van der Waals surface area contributed by atoms with Gasteiger partial charge in [-0.2, -0.15) is 18.2 Å². The summed E-state index contributed by atoms with van der Waals surface area (Å²) in [7, 11) is 0. The lowest BCUT2D eigenvalue weighted by Gasteiger charge is -2.29. The normalized spacial score (nSPS) is 26.1. The maximum Gasteiger partial charge on any atom is 0.446 e. The summed E-state index contributed by atoms with van der Waals surface area (Å²) in [6.07, 6.45) is 22.0. The number of fused-ring (bicyclic) bond motifs is 11. The Kier molecular flexibility index (Phi) is 27.3. The first-order valence-corrected chi connectivity index (χ1v) is 38.5. The minimum atomic E-state index is -4.64. The minimum Gasteiger partial charge on any atom is -0.444 e. The standard InChI is InChI=1S/C19H23N3O2.C18H15Cl2N5.C14H15N3.C13H19NO3.C6H8N2.C4HCl3N2.C4H8O.C2HF3O/c1-19(2,3)24-18(23)22-16-12-9-8-11(10-12)15(16)17-20-13-6-4-5-7-14(13)21-17;19-11-8-21-18(20)25-16(11)24-15-10-6-5-9(7-10)14(15)17-22-12-3-1-2-4-13(12)23-17;15-13-9-6-5-8(7-9)12(13)14-16-10-3-1-2-4-11(10)17-14;1-13(2,3)17-12(16)14-11-9-5-4-8(6-9)10(11)7-15;7-5-3-1-2-4-6(5)8;5-2-1-8-4(7)9-3(2)6;1-2-4-5-3-1;3-2(4,5)1-6/h4-9,11-12,15-16H,10H2,1-3H3,(H,20,21)(H,22,23);1-6,8-10,14-15H,7H2,(H,22,23)(H,21,24,25);1-6,8-9,12-13H,7,15H2,(H,16,17);4-5,7-11H,6H2,1-3H3,(H,14,16);1-4H,7-8H2;1H;1-4H2;1H. The molecule has 23 nitrogen and oxygen atoms in total. The van der Waals surface area contributed by atoms with E-state index in [9.17, 15) is 27.6 Å². The smallest absolute Gasteiger partial charge is 0.444 e. The van der Waals surface area contributed by atoms with Gasteiger partial charge in [0.05, 0.1) is 61.9 Å². The number of para-hydroxylation sites is 8. The van der Waals surface area contributed by atoms with Gasteiger partial charge in [0, 0.05) is 61.1 Å². The van der Waals surface area contributed by atoms with E-state index >= 15 is 0 Å². The SMILES string of the molecule is C1CCOC1.CC(C)(C)OC(=O)NC1C2C=CC(C2)C1C=O.CC(C)(C)OC(=O)NC1C2C=CC(C2)C1c1nc2ccccc2[nH]1.Clc1ncc(Cl)c(Cl)n1.Clc1ncc(Cl)c(NC2C3C=CC(C3)C2c2nc3ccccc3[nH]2)n1.NC1C2C=CC(C2)C1c1nc2ccccc2[nH]1.Nc1ccccc1N.O=CC(F)(F)F. The number of allylic oxidation sites excluding steroid dienone is 4. The molecule has 5 fully saturated rings. The van der Waals surface area contributed by atoms with E-state index in [4.69, 9.17) is 109 Å². The molecule has 16 unspecified atom stereocenters. The van der Waals surface area contributed by atoms with Crippen LogP contribution >= 0.6 is 58.0 Å². The molecule has 4 saturated carbocycles. The van der Waals surface area contributed by atoms with Crippen LogP contribution in [0.15, 0.2) is 158 Å². The molecule has 1 saturated heterocycles. The van der Waals surface area contributed by atoms with Gasteiger partial charge in [-0.05, 0) is 199 Å². The third kappa shape index (κ3) is 21.8. The quantitative estimate of drug-likeness (QED) is 0.0224. The number of carbonyl (C=O) groups is 4. The fraction of sp³-hybridized carbons (Fsp3) is 0.412. The Hall–Kier alpha value is -9.15. The highest BCUT2D eigenvalue weighted by atomic mass is 35.5. The summed E-state index contributed by atoms with van der Waals surface area (Å²) in [4.78, 5) is 83.6. The Labute approximate surface area is 665 Å². The van der Waals surface area contributed by atoms with Gasteiger partial charge in [0.15, 0.2) is 5.15 Å². The predicted molar refractivity (Wildman–Crippen MR) is 427 cm³/mol. The summed E-state index contributed by atoms with van der Waals surface area (Å²) in [6.45, 7) is 13.1. The van der Waals surface area contributed by atoms with Crippen molar-refractivity contribution in [1.82, 2.24) is 60.5 Å². The number of nitrogens with one attached hydrogen (secondary N) is 6. The number of halogens is 8. The molecule has 0 radical (unpaired) electrons. The Balaban J connectivity index is 0.000000132. The second-order valence-corrected chi connectivity index (χ2v) is 32.2. The number of nitrogen functional groups attached to an aromatic ring is 2. The van der Waals surface area contributed by atoms with Crippen molar-refractivity contribution >= 4 is 133 Å². The number of rotatable bonds is 8. The van der Waals surface area contributed by atoms with E-state index in [1.54, 1.807) is 12.1 Å². The lowest BCUT2D eigenvalue weighted by Crippen LogP contribution is -2.45. The average molecular weight is 1620 g/mol. The number of hydrogen-bond donors (Lipinski definition) is 9. The number of amides is 2. The zero-order valence-corrected chi connectivity index (χ0v) is 65.6. The topological polar surface area (TPSA) is 348 Å². The number of carbonyl (C=O) groups excluding carboxylic acids is 4. The van der Waals surface area contributed by atoms with Gasteiger partial charge in [-0.25, -0.2) is 39.5 Å². The summed E-state index contributed by atoms with van der Waals surface area (Å²) in [6, 6.07) is 31.9. The van der Waals surface area contributed by atoms with E-state index in [-0.39, 0.29) is 75.6 Å². The van der Waals surface area contributed by atoms with E-state index < -0.39 is 29.8 Å². The fourth-order valence-electron chi connectivity index (χ4n) is 15.5. The largest absolute Gasteiger partial charge is 0.446 e. The van der Waals surface area contributed by atoms with Crippen molar-refractivity contribution in [1.29, 1.82) is 0 Å². The summed E-state index contributed by atoms with van der Waals surface area (Å²) in [5.41, 5.74) is 23.6. The highest BCUT2D eigenvalue weighted by Crippen LogP contribution is 2.52. The van der Waals surface area contributed by atoms with Gasteiger partial charge >= 0.3 is 18.4 Å². The summed E-state index contributed by atoms with van der Waals surface area (Å²) in [5, 5.41) is 10.7. The first-order chi connectivity index (χ1) is 52.9. The van der Waals surface area contributed by atoms with Gasteiger partial charge in [-0.3, -0.25) is 4.79 Å². The third-order valence-electron chi connectivity index (χ3n) is 20.3. The average Bonchev–Trinajstić information content (AvgIpc) is 1.62. The third-order valence-corrected chi connectivity index (χ3v) is 21.6. The van der Waals surface area contributed by atoms with Crippen molar-refractivity contribution in [2.75, 3.05) is 30.0 Å². The molecular formula is C80H90Cl5F3N16O7. The molecule has 8 aliphatic carbocycles. The molecule has 4 aromatic carbocycles. The molecule has 2 amide bonds. The van der Waals surface area contributed by atoms with Gasteiger partial charge in [-0.1, -0.05) is 132 Å². The predicted octanol–water partition coefficient (Wildman–Crippen LogP) is 17.1. The molecule has 12 N–H and O–H groups in total. The molecule has 6 heterocycles. The first-order valence-electron chi connectivity index (χ1n) is 36.7. The number of ether oxygens (including phenoxy) is 3. The molecule has 9 aliphatic rings. The summed E-state index contributed by atoms with van der Waals surface area (Å²) >= 11 is 28.4. The van der Waals surface area contributed by atoms with Crippen molar-refractivity contribution in [3.05, 3.63) is 201 Å². The van der Waals surface area contributed by atoms with Crippen molar-refractivity contribution in [2.24, 2.45) is 59.0 Å². The first kappa shape index (κ1) is 82.8. The second kappa shape index (κ2) is 36.6. The van der Waals surface area contributed by atoms with Crippen LogP contribution in [0.2, 0.25) is 25.8 Å². The number of anilines is 3. The Morgan fingerprint density at radius 1 is 0.505 bits per heavy atom. The van der Waals surface area contributed by atoms with Gasteiger partial charge in [-0.15, -0.1) is 0 Å². The van der Waals surface area contributed by atoms with E-state index in [0.717, 1.165) is 89.3 Å². The molecule has 0 spiro atoms. The second-order valence-electron chi connectivity index (χ2n) is 30.3. The number of aldehydes is 2. The van der Waals surface area contributed by atoms with Crippen molar-refractivity contribution < 1.29 is 46.6 Å².